The van der Waals surface area contributed by atoms with Gasteiger partial charge in [0.15, 0.2) is 0 Å². The van der Waals surface area contributed by atoms with Crippen LogP contribution in [0.15, 0.2) is 30.3 Å². The van der Waals surface area contributed by atoms with E-state index in [1.54, 1.807) is 0 Å². The Morgan fingerprint density at radius 3 is 2.14 bits per heavy atom. The van der Waals surface area contributed by atoms with E-state index in [4.69, 9.17) is 0 Å². The molecule has 122 valence electrons. The van der Waals surface area contributed by atoms with Gasteiger partial charge in [0, 0.05) is 23.8 Å². The summed E-state index contributed by atoms with van der Waals surface area (Å²) in [6, 6.07) is 11.2. The SMILES string of the molecule is CC(C)N(C(=O)CN(C(C)C)C1CCCC1)c1ccccc1. The Morgan fingerprint density at radius 2 is 1.64 bits per heavy atom. The van der Waals surface area contributed by atoms with E-state index in [0.717, 1.165) is 5.69 Å². The third kappa shape index (κ3) is 4.10. The maximum Gasteiger partial charge on any atom is 0.241 e. The fourth-order valence-electron chi connectivity index (χ4n) is 3.52. The zero-order valence-electron chi connectivity index (χ0n) is 14.5. The lowest BCUT2D eigenvalue weighted by molar-refractivity contribution is -0.121. The Morgan fingerprint density at radius 1 is 1.05 bits per heavy atom. The molecule has 1 aliphatic carbocycles. The monoisotopic (exact) mass is 302 g/mol. The second-order valence-corrected chi connectivity index (χ2v) is 6.90. The lowest BCUT2D eigenvalue weighted by Crippen LogP contribution is -2.48. The fourth-order valence-corrected chi connectivity index (χ4v) is 3.52. The van der Waals surface area contributed by atoms with Gasteiger partial charge in [-0.15, -0.1) is 0 Å². The van der Waals surface area contributed by atoms with Gasteiger partial charge in [-0.2, -0.15) is 0 Å². The molecule has 3 nitrogen and oxygen atoms in total. The summed E-state index contributed by atoms with van der Waals surface area (Å²) in [7, 11) is 0. The minimum Gasteiger partial charge on any atom is -0.309 e. The van der Waals surface area contributed by atoms with Gasteiger partial charge in [0.25, 0.3) is 0 Å². The molecule has 1 aromatic carbocycles. The van der Waals surface area contributed by atoms with E-state index in [0.29, 0.717) is 18.6 Å². The predicted molar refractivity (Wildman–Crippen MR) is 93.2 cm³/mol. The summed E-state index contributed by atoms with van der Waals surface area (Å²) in [5, 5.41) is 0. The zero-order chi connectivity index (χ0) is 16.1. The van der Waals surface area contributed by atoms with Crippen molar-refractivity contribution in [3.8, 4) is 0 Å². The maximum atomic E-state index is 12.9. The van der Waals surface area contributed by atoms with Crippen LogP contribution in [0.3, 0.4) is 0 Å². The van der Waals surface area contributed by atoms with E-state index in [-0.39, 0.29) is 11.9 Å². The summed E-state index contributed by atoms with van der Waals surface area (Å²) in [6.07, 6.45) is 5.07. The van der Waals surface area contributed by atoms with Gasteiger partial charge < -0.3 is 4.90 Å². The van der Waals surface area contributed by atoms with Crippen molar-refractivity contribution in [1.29, 1.82) is 0 Å². The number of rotatable bonds is 6. The highest BCUT2D eigenvalue weighted by atomic mass is 16.2. The molecule has 2 rings (SSSR count). The molecule has 0 N–H and O–H groups in total. The van der Waals surface area contributed by atoms with Crippen LogP contribution in [-0.2, 0) is 4.79 Å². The van der Waals surface area contributed by atoms with Gasteiger partial charge >= 0.3 is 0 Å². The Balaban J connectivity index is 2.12. The number of carbonyl (C=O) groups excluding carboxylic acids is 1. The van der Waals surface area contributed by atoms with Crippen molar-refractivity contribution < 1.29 is 4.79 Å². The van der Waals surface area contributed by atoms with E-state index in [1.807, 2.05) is 35.2 Å². The smallest absolute Gasteiger partial charge is 0.241 e. The molecule has 0 atom stereocenters. The summed E-state index contributed by atoms with van der Waals surface area (Å²) in [4.78, 5) is 17.3. The average molecular weight is 302 g/mol. The topological polar surface area (TPSA) is 23.6 Å². The summed E-state index contributed by atoms with van der Waals surface area (Å²) < 4.78 is 0. The molecule has 1 aliphatic rings. The Bertz CT molecular complexity index is 464. The number of benzene rings is 1. The number of amides is 1. The molecule has 0 aliphatic heterocycles. The molecule has 1 saturated carbocycles. The fraction of sp³-hybridized carbons (Fsp3) is 0.632. The molecule has 0 aromatic heterocycles. The van der Waals surface area contributed by atoms with Crippen molar-refractivity contribution in [2.75, 3.05) is 11.4 Å². The van der Waals surface area contributed by atoms with Crippen molar-refractivity contribution in [2.45, 2.75) is 71.5 Å². The number of anilines is 1. The first-order valence-corrected chi connectivity index (χ1v) is 8.63. The Kier molecular flexibility index (Phi) is 6.01. The molecule has 1 amide bonds. The predicted octanol–water partition coefficient (Wildman–Crippen LogP) is 4.08. The van der Waals surface area contributed by atoms with Crippen molar-refractivity contribution >= 4 is 11.6 Å². The largest absolute Gasteiger partial charge is 0.309 e. The van der Waals surface area contributed by atoms with Crippen LogP contribution in [-0.4, -0.2) is 35.5 Å². The normalized spacial score (nSPS) is 16.0. The first-order chi connectivity index (χ1) is 10.5. The average Bonchev–Trinajstić information content (AvgIpc) is 2.99. The van der Waals surface area contributed by atoms with Crippen LogP contribution in [0.25, 0.3) is 0 Å². The van der Waals surface area contributed by atoms with Crippen LogP contribution in [0.4, 0.5) is 5.69 Å². The molecule has 0 radical (unpaired) electrons. The molecule has 0 heterocycles. The van der Waals surface area contributed by atoms with Crippen molar-refractivity contribution in [3.05, 3.63) is 30.3 Å². The highest BCUT2D eigenvalue weighted by Crippen LogP contribution is 2.26. The minimum absolute atomic E-state index is 0.174. The maximum absolute atomic E-state index is 12.9. The highest BCUT2D eigenvalue weighted by Gasteiger charge is 2.29. The highest BCUT2D eigenvalue weighted by molar-refractivity contribution is 5.95. The molecule has 0 bridgehead atoms. The second kappa shape index (κ2) is 7.77. The third-order valence-electron chi connectivity index (χ3n) is 4.59. The summed E-state index contributed by atoms with van der Waals surface area (Å²) in [5.41, 5.74) is 0.998. The van der Waals surface area contributed by atoms with E-state index in [2.05, 4.69) is 32.6 Å². The van der Waals surface area contributed by atoms with Gasteiger partial charge in [-0.3, -0.25) is 9.69 Å². The van der Waals surface area contributed by atoms with Crippen molar-refractivity contribution in [1.82, 2.24) is 4.90 Å². The van der Waals surface area contributed by atoms with Gasteiger partial charge in [-0.1, -0.05) is 31.0 Å². The van der Waals surface area contributed by atoms with Crippen LogP contribution < -0.4 is 4.90 Å². The summed E-state index contributed by atoms with van der Waals surface area (Å²) in [5.74, 6) is 0.210. The molecular formula is C19H30N2O. The van der Waals surface area contributed by atoms with Gasteiger partial charge in [0.2, 0.25) is 5.91 Å². The Hall–Kier alpha value is -1.35. The van der Waals surface area contributed by atoms with Crippen molar-refractivity contribution in [2.24, 2.45) is 0 Å². The number of para-hydroxylation sites is 1. The first-order valence-electron chi connectivity index (χ1n) is 8.63. The van der Waals surface area contributed by atoms with Crippen LogP contribution in [0, 0.1) is 0 Å². The molecule has 22 heavy (non-hydrogen) atoms. The second-order valence-electron chi connectivity index (χ2n) is 6.90. The van der Waals surface area contributed by atoms with Crippen LogP contribution in [0.1, 0.15) is 53.4 Å². The molecule has 0 unspecified atom stereocenters. The summed E-state index contributed by atoms with van der Waals surface area (Å²) >= 11 is 0. The third-order valence-corrected chi connectivity index (χ3v) is 4.59. The lowest BCUT2D eigenvalue weighted by atomic mass is 10.1. The van der Waals surface area contributed by atoms with Crippen LogP contribution >= 0.6 is 0 Å². The minimum atomic E-state index is 0.174. The van der Waals surface area contributed by atoms with Gasteiger partial charge in [0.05, 0.1) is 6.54 Å². The number of hydrogen-bond acceptors (Lipinski definition) is 2. The number of nitrogens with zero attached hydrogens (tertiary/aromatic N) is 2. The van der Waals surface area contributed by atoms with Gasteiger partial charge in [0.1, 0.15) is 0 Å². The van der Waals surface area contributed by atoms with E-state index >= 15 is 0 Å². The first kappa shape index (κ1) is 17.0. The number of carbonyl (C=O) groups is 1. The molecular weight excluding hydrogens is 272 g/mol. The molecule has 0 saturated heterocycles. The number of hydrogen-bond donors (Lipinski definition) is 0. The lowest BCUT2D eigenvalue weighted by Gasteiger charge is -2.35. The molecule has 1 aromatic rings. The van der Waals surface area contributed by atoms with E-state index in [1.165, 1.54) is 25.7 Å². The van der Waals surface area contributed by atoms with Crippen molar-refractivity contribution in [3.63, 3.8) is 0 Å². The van der Waals surface area contributed by atoms with E-state index in [9.17, 15) is 4.79 Å². The molecule has 0 spiro atoms. The Labute approximate surface area is 135 Å². The molecule has 3 heteroatoms. The molecule has 1 fully saturated rings. The van der Waals surface area contributed by atoms with Gasteiger partial charge in [-0.05, 0) is 52.7 Å². The van der Waals surface area contributed by atoms with E-state index < -0.39 is 0 Å². The van der Waals surface area contributed by atoms with Crippen LogP contribution in [0.5, 0.6) is 0 Å². The van der Waals surface area contributed by atoms with Crippen LogP contribution in [0.2, 0.25) is 0 Å². The quantitative estimate of drug-likeness (QED) is 0.790. The standard InChI is InChI=1S/C19H30N2O/c1-15(2)20(17-10-8-9-11-17)14-19(22)21(16(3)4)18-12-6-5-7-13-18/h5-7,12-13,15-17H,8-11,14H2,1-4H3. The zero-order valence-corrected chi connectivity index (χ0v) is 14.5. The summed E-state index contributed by atoms with van der Waals surface area (Å²) in [6.45, 7) is 9.09. The van der Waals surface area contributed by atoms with Gasteiger partial charge in [-0.25, -0.2) is 0 Å².